The van der Waals surface area contributed by atoms with Crippen LogP contribution in [0.25, 0.3) is 0 Å². The molecule has 0 bridgehead atoms. The first-order valence-electron chi connectivity index (χ1n) is 3.89. The molecule has 16 heavy (non-hydrogen) atoms. The molecule has 0 unspecified atom stereocenters. The average Bonchev–Trinajstić information content (AvgIpc) is 2.12. The number of nitrogens with one attached hydrogen (secondary N) is 1. The number of halogens is 3. The fraction of sp³-hybridized carbons (Fsp3) is 0.125. The summed E-state index contributed by atoms with van der Waals surface area (Å²) >= 11 is 14.7. The lowest BCUT2D eigenvalue weighted by Gasteiger charge is -2.08. The summed E-state index contributed by atoms with van der Waals surface area (Å²) in [5.41, 5.74) is 0. The molecule has 0 radical (unpaired) electrons. The fourth-order valence-electron chi connectivity index (χ4n) is 0.985. The van der Waals surface area contributed by atoms with E-state index >= 15 is 0 Å². The van der Waals surface area contributed by atoms with Gasteiger partial charge in [-0.3, -0.25) is 0 Å². The van der Waals surface area contributed by atoms with Crippen LogP contribution in [0.3, 0.4) is 0 Å². The highest BCUT2D eigenvalue weighted by atomic mass is 79.9. The van der Waals surface area contributed by atoms with E-state index in [4.69, 9.17) is 28.5 Å². The van der Waals surface area contributed by atoms with Gasteiger partial charge in [0.05, 0.1) is 22.7 Å². The van der Waals surface area contributed by atoms with E-state index in [0.717, 1.165) is 0 Å². The van der Waals surface area contributed by atoms with Crippen molar-refractivity contribution in [3.05, 3.63) is 26.7 Å². The molecule has 0 saturated heterocycles. The minimum Gasteiger partial charge on any atom is -0.207 e. The van der Waals surface area contributed by atoms with Crippen molar-refractivity contribution in [3.63, 3.8) is 0 Å². The Kier molecular flexibility index (Phi) is 4.59. The molecule has 0 spiro atoms. The largest absolute Gasteiger partial charge is 0.244 e. The zero-order valence-electron chi connectivity index (χ0n) is 7.67. The topological polar surface area (TPSA) is 70.0 Å². The number of hydrogen-bond donors (Lipinski definition) is 1. The van der Waals surface area contributed by atoms with Crippen LogP contribution in [0.15, 0.2) is 21.5 Å². The maximum absolute atomic E-state index is 11.7. The predicted molar refractivity (Wildman–Crippen MR) is 65.0 cm³/mol. The monoisotopic (exact) mass is 342 g/mol. The average molecular weight is 344 g/mol. The van der Waals surface area contributed by atoms with E-state index in [1.807, 2.05) is 0 Å². The standard InChI is InChI=1S/C8H5BrCl2N2O2S/c9-5-3-6(10)8(7(11)4-5)16(14,15)13-2-1-12/h3-4,13H,2H2. The predicted octanol–water partition coefficient (Wildman–Crippen LogP) is 2.56. The summed E-state index contributed by atoms with van der Waals surface area (Å²) in [6.45, 7) is -0.342. The van der Waals surface area contributed by atoms with Gasteiger partial charge < -0.3 is 0 Å². The lowest BCUT2D eigenvalue weighted by Crippen LogP contribution is -2.24. The van der Waals surface area contributed by atoms with Crippen LogP contribution in [-0.4, -0.2) is 15.0 Å². The minimum atomic E-state index is -3.86. The first-order chi connectivity index (χ1) is 7.38. The third-order valence-corrected chi connectivity index (χ3v) is 4.35. The van der Waals surface area contributed by atoms with Crippen LogP contribution in [0.2, 0.25) is 10.0 Å². The Bertz CT molecular complexity index is 531. The van der Waals surface area contributed by atoms with Crippen LogP contribution in [-0.2, 0) is 10.0 Å². The normalized spacial score (nSPS) is 11.1. The molecule has 1 rings (SSSR count). The van der Waals surface area contributed by atoms with Gasteiger partial charge in [0.1, 0.15) is 4.90 Å². The molecule has 0 amide bonds. The van der Waals surface area contributed by atoms with Crippen LogP contribution >= 0.6 is 39.1 Å². The summed E-state index contributed by atoms with van der Waals surface area (Å²) in [4.78, 5) is -0.228. The SMILES string of the molecule is N#CCNS(=O)(=O)c1c(Cl)cc(Br)cc1Cl. The number of rotatable bonds is 3. The summed E-state index contributed by atoms with van der Waals surface area (Å²) in [5.74, 6) is 0. The highest BCUT2D eigenvalue weighted by Crippen LogP contribution is 2.32. The fourth-order valence-corrected chi connectivity index (χ4v) is 3.83. The quantitative estimate of drug-likeness (QED) is 0.857. The molecule has 0 aromatic heterocycles. The highest BCUT2D eigenvalue weighted by molar-refractivity contribution is 9.10. The van der Waals surface area contributed by atoms with Crippen LogP contribution in [0.4, 0.5) is 0 Å². The molecule has 1 aromatic carbocycles. The molecule has 0 atom stereocenters. The summed E-state index contributed by atoms with van der Waals surface area (Å²) in [6, 6.07) is 4.48. The first kappa shape index (κ1) is 13.7. The highest BCUT2D eigenvalue weighted by Gasteiger charge is 2.21. The van der Waals surface area contributed by atoms with E-state index in [0.29, 0.717) is 4.47 Å². The maximum atomic E-state index is 11.7. The Morgan fingerprint density at radius 3 is 2.31 bits per heavy atom. The zero-order valence-corrected chi connectivity index (χ0v) is 11.6. The first-order valence-corrected chi connectivity index (χ1v) is 6.93. The number of benzene rings is 1. The molecular formula is C8H5BrCl2N2O2S. The molecule has 0 aliphatic rings. The van der Waals surface area contributed by atoms with Crippen molar-refractivity contribution in [1.82, 2.24) is 4.72 Å². The van der Waals surface area contributed by atoms with Crippen molar-refractivity contribution in [1.29, 1.82) is 5.26 Å². The Morgan fingerprint density at radius 2 is 1.88 bits per heavy atom. The molecule has 86 valence electrons. The summed E-state index contributed by atoms with van der Waals surface area (Å²) in [5, 5.41) is 8.29. The van der Waals surface area contributed by atoms with Crippen molar-refractivity contribution in [2.75, 3.05) is 6.54 Å². The van der Waals surface area contributed by atoms with E-state index < -0.39 is 10.0 Å². The third kappa shape index (κ3) is 3.09. The van der Waals surface area contributed by atoms with Crippen molar-refractivity contribution in [2.24, 2.45) is 0 Å². The lowest BCUT2D eigenvalue weighted by atomic mass is 10.4. The number of nitriles is 1. The number of hydrogen-bond acceptors (Lipinski definition) is 3. The third-order valence-electron chi connectivity index (χ3n) is 1.57. The van der Waals surface area contributed by atoms with E-state index in [9.17, 15) is 8.42 Å². The molecule has 0 saturated carbocycles. The summed E-state index contributed by atoms with van der Waals surface area (Å²) in [7, 11) is -3.86. The second-order valence-corrected chi connectivity index (χ2v) is 6.12. The smallest absolute Gasteiger partial charge is 0.207 e. The van der Waals surface area contributed by atoms with E-state index in [1.54, 1.807) is 6.07 Å². The van der Waals surface area contributed by atoms with Gasteiger partial charge in [0, 0.05) is 4.47 Å². The van der Waals surface area contributed by atoms with Gasteiger partial charge in [-0.1, -0.05) is 39.1 Å². The Hall–Kier alpha value is -0.320. The zero-order chi connectivity index (χ0) is 12.3. The van der Waals surface area contributed by atoms with Crippen molar-refractivity contribution >= 4 is 49.2 Å². The number of nitrogens with zero attached hydrogens (tertiary/aromatic N) is 1. The van der Waals surface area contributed by atoms with Gasteiger partial charge in [0.2, 0.25) is 10.0 Å². The second kappa shape index (κ2) is 5.34. The Balaban J connectivity index is 3.29. The molecule has 1 N–H and O–H groups in total. The lowest BCUT2D eigenvalue weighted by molar-refractivity contribution is 0.586. The molecule has 0 fully saturated rings. The molecule has 0 aliphatic heterocycles. The van der Waals surface area contributed by atoms with Crippen LogP contribution in [0, 0.1) is 11.3 Å². The van der Waals surface area contributed by atoms with Gasteiger partial charge in [-0.25, -0.2) is 8.42 Å². The van der Waals surface area contributed by atoms with Gasteiger partial charge in [-0.15, -0.1) is 0 Å². The van der Waals surface area contributed by atoms with Crippen LogP contribution < -0.4 is 4.72 Å². The maximum Gasteiger partial charge on any atom is 0.244 e. The van der Waals surface area contributed by atoms with Crippen molar-refractivity contribution in [2.45, 2.75) is 4.90 Å². The van der Waals surface area contributed by atoms with Gasteiger partial charge in [0.25, 0.3) is 0 Å². The van der Waals surface area contributed by atoms with Crippen molar-refractivity contribution in [3.8, 4) is 6.07 Å². The van der Waals surface area contributed by atoms with Crippen LogP contribution in [0.5, 0.6) is 0 Å². The van der Waals surface area contributed by atoms with Gasteiger partial charge in [0.15, 0.2) is 0 Å². The Morgan fingerprint density at radius 1 is 1.38 bits per heavy atom. The van der Waals surface area contributed by atoms with Gasteiger partial charge in [-0.2, -0.15) is 9.98 Å². The Labute approximate surface area is 111 Å². The van der Waals surface area contributed by atoms with Crippen LogP contribution in [0.1, 0.15) is 0 Å². The molecule has 4 nitrogen and oxygen atoms in total. The molecule has 0 aliphatic carbocycles. The summed E-state index contributed by atoms with van der Waals surface area (Å²) in [6.07, 6.45) is 0. The number of sulfonamides is 1. The molecule has 8 heteroatoms. The van der Waals surface area contributed by atoms with E-state index in [1.165, 1.54) is 12.1 Å². The summed E-state index contributed by atoms with van der Waals surface area (Å²) < 4.78 is 26.0. The second-order valence-electron chi connectivity index (χ2n) is 2.68. The van der Waals surface area contributed by atoms with Gasteiger partial charge >= 0.3 is 0 Å². The molecule has 1 aromatic rings. The van der Waals surface area contributed by atoms with E-state index in [2.05, 4.69) is 20.7 Å². The molecular weight excluding hydrogens is 339 g/mol. The van der Waals surface area contributed by atoms with Gasteiger partial charge in [-0.05, 0) is 12.1 Å². The minimum absolute atomic E-state index is 0.00943. The van der Waals surface area contributed by atoms with Crippen molar-refractivity contribution < 1.29 is 8.42 Å². The van der Waals surface area contributed by atoms with E-state index in [-0.39, 0.29) is 21.5 Å². The molecule has 0 heterocycles.